The summed E-state index contributed by atoms with van der Waals surface area (Å²) in [5.41, 5.74) is 4.54. The van der Waals surface area contributed by atoms with Crippen LogP contribution >= 0.6 is 0 Å². The number of imide groups is 1. The molecule has 8 nitrogen and oxygen atoms in total. The van der Waals surface area contributed by atoms with Gasteiger partial charge in [0.15, 0.2) is 5.58 Å². The molecule has 2 aliphatic heterocycles. The number of aromatic nitrogens is 1. The molecule has 3 amide bonds. The number of hydrogen-bond acceptors (Lipinski definition) is 6. The van der Waals surface area contributed by atoms with Crippen molar-refractivity contribution in [3.8, 4) is 11.5 Å². The van der Waals surface area contributed by atoms with E-state index in [1.54, 1.807) is 24.3 Å². The second-order valence-electron chi connectivity index (χ2n) is 9.09. The number of carbonyl (C=O) groups excluding carboxylic acids is 3. The van der Waals surface area contributed by atoms with Crippen LogP contribution in [0.15, 0.2) is 65.1 Å². The van der Waals surface area contributed by atoms with E-state index in [4.69, 9.17) is 9.15 Å². The predicted octanol–water partition coefficient (Wildman–Crippen LogP) is 4.83. The molecule has 0 radical (unpaired) electrons. The van der Waals surface area contributed by atoms with E-state index in [9.17, 15) is 14.4 Å². The highest BCUT2D eigenvalue weighted by Gasteiger charge is 2.38. The number of anilines is 1. The highest BCUT2D eigenvalue weighted by molar-refractivity contribution is 6.22. The number of aryl methyl sites for hydroxylation is 1. The van der Waals surface area contributed by atoms with Crippen LogP contribution in [-0.4, -0.2) is 46.9 Å². The average molecular weight is 482 g/mol. The normalized spacial score (nSPS) is 17.1. The van der Waals surface area contributed by atoms with E-state index < -0.39 is 11.8 Å². The van der Waals surface area contributed by atoms with Gasteiger partial charge in [-0.15, -0.1) is 0 Å². The van der Waals surface area contributed by atoms with Gasteiger partial charge in [-0.25, -0.2) is 4.98 Å². The molecule has 1 atom stereocenters. The summed E-state index contributed by atoms with van der Waals surface area (Å²) in [6.07, 6.45) is 1.61. The molecule has 1 saturated heterocycles. The Hall–Kier alpha value is -4.30. The van der Waals surface area contributed by atoms with Crippen molar-refractivity contribution in [3.05, 3.63) is 82.9 Å². The van der Waals surface area contributed by atoms with Crippen LogP contribution in [0.4, 0.5) is 5.69 Å². The van der Waals surface area contributed by atoms with E-state index in [1.165, 1.54) is 17.0 Å². The van der Waals surface area contributed by atoms with E-state index >= 15 is 0 Å². The van der Waals surface area contributed by atoms with Crippen LogP contribution in [0.3, 0.4) is 0 Å². The van der Waals surface area contributed by atoms with Crippen molar-refractivity contribution in [1.82, 2.24) is 9.88 Å². The maximum absolute atomic E-state index is 13.0. The van der Waals surface area contributed by atoms with E-state index in [1.807, 2.05) is 31.2 Å². The molecule has 180 valence electrons. The lowest BCUT2D eigenvalue weighted by molar-refractivity contribution is 0.0475. The quantitative estimate of drug-likeness (QED) is 0.410. The minimum atomic E-state index is -0.396. The van der Waals surface area contributed by atoms with Gasteiger partial charge in [-0.05, 0) is 61.7 Å². The first-order valence-electron chi connectivity index (χ1n) is 11.9. The smallest absolute Gasteiger partial charge is 0.261 e. The van der Waals surface area contributed by atoms with Crippen molar-refractivity contribution >= 4 is 34.5 Å². The fourth-order valence-corrected chi connectivity index (χ4v) is 4.72. The van der Waals surface area contributed by atoms with Crippen molar-refractivity contribution < 1.29 is 23.5 Å². The Balaban J connectivity index is 1.21. The van der Waals surface area contributed by atoms with Crippen molar-refractivity contribution in [1.29, 1.82) is 0 Å². The van der Waals surface area contributed by atoms with Crippen molar-refractivity contribution in [2.24, 2.45) is 0 Å². The van der Waals surface area contributed by atoms with Gasteiger partial charge in [-0.3, -0.25) is 19.3 Å². The second-order valence-corrected chi connectivity index (χ2v) is 9.09. The van der Waals surface area contributed by atoms with E-state index in [-0.39, 0.29) is 29.7 Å². The summed E-state index contributed by atoms with van der Waals surface area (Å²) in [4.78, 5) is 44.4. The fourth-order valence-electron chi connectivity index (χ4n) is 4.72. The zero-order valence-corrected chi connectivity index (χ0v) is 19.6. The van der Waals surface area contributed by atoms with Crippen molar-refractivity contribution in [2.45, 2.75) is 25.9 Å². The van der Waals surface area contributed by atoms with Crippen LogP contribution in [0.5, 0.6) is 0 Å². The highest BCUT2D eigenvalue weighted by atomic mass is 16.5. The first-order valence-corrected chi connectivity index (χ1v) is 11.9. The van der Waals surface area contributed by atoms with Crippen molar-refractivity contribution in [2.75, 3.05) is 18.5 Å². The number of nitrogens with one attached hydrogen (secondary N) is 1. The summed E-state index contributed by atoms with van der Waals surface area (Å²) >= 11 is 0. The molecule has 36 heavy (non-hydrogen) atoms. The zero-order chi connectivity index (χ0) is 24.8. The number of fused-ring (bicyclic) bond motifs is 2. The third-order valence-electron chi connectivity index (χ3n) is 6.66. The Morgan fingerprint density at radius 3 is 2.67 bits per heavy atom. The lowest BCUT2D eigenvalue weighted by Crippen LogP contribution is -2.36. The molecule has 8 heteroatoms. The van der Waals surface area contributed by atoms with Gasteiger partial charge < -0.3 is 14.5 Å². The monoisotopic (exact) mass is 481 g/mol. The number of benzene rings is 3. The molecule has 0 bridgehead atoms. The maximum Gasteiger partial charge on any atom is 0.261 e. The molecule has 0 saturated carbocycles. The summed E-state index contributed by atoms with van der Waals surface area (Å²) < 4.78 is 11.5. The molecular formula is C28H23N3O5. The number of amides is 3. The first-order chi connectivity index (χ1) is 17.5. The molecule has 1 fully saturated rings. The van der Waals surface area contributed by atoms with E-state index in [0.29, 0.717) is 34.8 Å². The molecule has 0 spiro atoms. The third kappa shape index (κ3) is 3.85. The summed E-state index contributed by atoms with van der Waals surface area (Å²) in [6, 6.07) is 17.6. The topological polar surface area (TPSA) is 102 Å². The van der Waals surface area contributed by atoms with Crippen LogP contribution < -0.4 is 5.32 Å². The average Bonchev–Trinajstić information content (AvgIpc) is 3.60. The zero-order valence-electron chi connectivity index (χ0n) is 19.6. The molecule has 1 N–H and O–H groups in total. The second kappa shape index (κ2) is 8.73. The third-order valence-corrected chi connectivity index (χ3v) is 6.66. The van der Waals surface area contributed by atoms with Crippen molar-refractivity contribution in [3.63, 3.8) is 0 Å². The number of ether oxygens (including phenoxy) is 1. The Bertz CT molecular complexity index is 1530. The predicted molar refractivity (Wildman–Crippen MR) is 133 cm³/mol. The molecule has 2 aliphatic rings. The summed E-state index contributed by atoms with van der Waals surface area (Å²) in [6.45, 7) is 2.87. The van der Waals surface area contributed by atoms with Gasteiger partial charge in [0.05, 0.1) is 23.8 Å². The van der Waals surface area contributed by atoms with E-state index in [0.717, 1.165) is 24.0 Å². The van der Waals surface area contributed by atoms with Gasteiger partial charge in [0.1, 0.15) is 5.52 Å². The molecule has 3 aromatic carbocycles. The van der Waals surface area contributed by atoms with Gasteiger partial charge in [0.2, 0.25) is 5.89 Å². The first kappa shape index (κ1) is 22.2. The fraction of sp³-hybridized carbons (Fsp3) is 0.214. The van der Waals surface area contributed by atoms with Crippen LogP contribution in [0, 0.1) is 6.92 Å². The van der Waals surface area contributed by atoms with Gasteiger partial charge in [-0.1, -0.05) is 18.2 Å². The standard InChI is InChI=1S/C28H23N3O5/c1-16-5-2-3-7-20(16)26-30-23-11-9-18(14-24(23)36-26)29-25(32)17-8-10-21-22(13-17)28(34)31(27(21)33)15-19-6-4-12-35-19/h2-3,5,7-11,13-14,19H,4,6,12,15H2,1H3,(H,29,32). The molecular weight excluding hydrogens is 458 g/mol. The summed E-state index contributed by atoms with van der Waals surface area (Å²) in [5.74, 6) is -0.626. The molecule has 6 rings (SSSR count). The SMILES string of the molecule is Cc1ccccc1-c1nc2ccc(NC(=O)c3ccc4c(c3)C(=O)N(CC3CCCO3)C4=O)cc2o1. The number of rotatable bonds is 5. The van der Waals surface area contributed by atoms with Crippen LogP contribution in [0.1, 0.15) is 49.5 Å². The van der Waals surface area contributed by atoms with Crippen LogP contribution in [0.2, 0.25) is 0 Å². The minimum absolute atomic E-state index is 0.132. The number of nitrogens with zero attached hydrogens (tertiary/aromatic N) is 2. The molecule has 1 unspecified atom stereocenters. The van der Waals surface area contributed by atoms with Crippen LogP contribution in [-0.2, 0) is 4.74 Å². The Morgan fingerprint density at radius 2 is 1.86 bits per heavy atom. The number of carbonyl (C=O) groups is 3. The number of oxazole rings is 1. The highest BCUT2D eigenvalue weighted by Crippen LogP contribution is 2.29. The number of hydrogen-bond donors (Lipinski definition) is 1. The minimum Gasteiger partial charge on any atom is -0.436 e. The molecule has 1 aromatic heterocycles. The maximum atomic E-state index is 13.0. The van der Waals surface area contributed by atoms with Crippen LogP contribution in [0.25, 0.3) is 22.6 Å². The van der Waals surface area contributed by atoms with Gasteiger partial charge in [-0.2, -0.15) is 0 Å². The Labute approximate surface area is 206 Å². The summed E-state index contributed by atoms with van der Waals surface area (Å²) in [7, 11) is 0. The molecule has 3 heterocycles. The molecule has 0 aliphatic carbocycles. The lowest BCUT2D eigenvalue weighted by Gasteiger charge is -2.17. The Morgan fingerprint density at radius 1 is 1.03 bits per heavy atom. The van der Waals surface area contributed by atoms with Gasteiger partial charge in [0.25, 0.3) is 17.7 Å². The summed E-state index contributed by atoms with van der Waals surface area (Å²) in [5, 5.41) is 2.84. The Kier molecular flexibility index (Phi) is 5.38. The van der Waals surface area contributed by atoms with E-state index in [2.05, 4.69) is 10.3 Å². The van der Waals surface area contributed by atoms with Gasteiger partial charge >= 0.3 is 0 Å². The van der Waals surface area contributed by atoms with Gasteiger partial charge in [0, 0.05) is 29.5 Å². The largest absolute Gasteiger partial charge is 0.436 e. The molecule has 4 aromatic rings. The lowest BCUT2D eigenvalue weighted by atomic mass is 10.1.